The van der Waals surface area contributed by atoms with E-state index in [1.165, 1.54) is 0 Å². The fourth-order valence-electron chi connectivity index (χ4n) is 3.39. The minimum Gasteiger partial charge on any atom is -0.457 e. The largest absolute Gasteiger partial charge is 0.457 e. The highest BCUT2D eigenvalue weighted by atomic mass is 16.5. The molecule has 174 valence electrons. The van der Waals surface area contributed by atoms with Crippen molar-refractivity contribution in [3.63, 3.8) is 0 Å². The van der Waals surface area contributed by atoms with Crippen LogP contribution >= 0.6 is 0 Å². The lowest BCUT2D eigenvalue weighted by Crippen LogP contribution is -2.34. The van der Waals surface area contributed by atoms with Gasteiger partial charge in [0, 0.05) is 12.1 Å². The molecule has 0 saturated carbocycles. The standard InChI is InChI=1S/C30H26N2O3/c1-22-15-17-25(18-16-22)29(33)32-28(30(34)31-21-23-9-4-2-5-10-23)20-24-11-8-14-27(19-24)35-26-12-6-3-7-13-26/h2-20H,21H2,1H3,(H,31,34)(H,32,33). The van der Waals surface area contributed by atoms with E-state index in [1.807, 2.05) is 104 Å². The lowest BCUT2D eigenvalue weighted by Gasteiger charge is -2.12. The third-order valence-electron chi connectivity index (χ3n) is 5.25. The molecule has 2 amide bonds. The second-order valence-electron chi connectivity index (χ2n) is 8.03. The second kappa shape index (κ2) is 11.5. The fourth-order valence-corrected chi connectivity index (χ4v) is 3.39. The number of carbonyl (C=O) groups is 2. The molecular weight excluding hydrogens is 436 g/mol. The van der Waals surface area contributed by atoms with E-state index in [0.717, 1.165) is 11.1 Å². The predicted molar refractivity (Wildman–Crippen MR) is 138 cm³/mol. The van der Waals surface area contributed by atoms with E-state index in [0.29, 0.717) is 29.2 Å². The molecule has 0 aliphatic rings. The molecule has 0 spiro atoms. The summed E-state index contributed by atoms with van der Waals surface area (Å²) in [5.74, 6) is 0.590. The normalized spacial score (nSPS) is 10.9. The Morgan fingerprint density at radius 3 is 2.14 bits per heavy atom. The Balaban J connectivity index is 1.57. The van der Waals surface area contributed by atoms with Gasteiger partial charge in [-0.25, -0.2) is 0 Å². The smallest absolute Gasteiger partial charge is 0.268 e. The van der Waals surface area contributed by atoms with E-state index in [1.54, 1.807) is 18.2 Å². The number of nitrogens with one attached hydrogen (secondary N) is 2. The Bertz CT molecular complexity index is 1310. The van der Waals surface area contributed by atoms with E-state index >= 15 is 0 Å². The van der Waals surface area contributed by atoms with Crippen LogP contribution in [0.2, 0.25) is 0 Å². The van der Waals surface area contributed by atoms with Crippen molar-refractivity contribution in [2.75, 3.05) is 0 Å². The highest BCUT2D eigenvalue weighted by Crippen LogP contribution is 2.22. The van der Waals surface area contributed by atoms with Crippen molar-refractivity contribution < 1.29 is 14.3 Å². The average molecular weight is 463 g/mol. The molecule has 0 fully saturated rings. The van der Waals surface area contributed by atoms with Gasteiger partial charge in [0.05, 0.1) is 0 Å². The van der Waals surface area contributed by atoms with Crippen molar-refractivity contribution in [1.29, 1.82) is 0 Å². The molecule has 0 aliphatic carbocycles. The van der Waals surface area contributed by atoms with Gasteiger partial charge >= 0.3 is 0 Å². The first-order valence-electron chi connectivity index (χ1n) is 11.3. The molecule has 5 heteroatoms. The third-order valence-corrected chi connectivity index (χ3v) is 5.25. The Morgan fingerprint density at radius 1 is 0.771 bits per heavy atom. The van der Waals surface area contributed by atoms with Gasteiger partial charge in [0.25, 0.3) is 11.8 Å². The van der Waals surface area contributed by atoms with E-state index in [2.05, 4.69) is 10.6 Å². The predicted octanol–water partition coefficient (Wildman–Crippen LogP) is 5.87. The number of rotatable bonds is 8. The van der Waals surface area contributed by atoms with Crippen molar-refractivity contribution in [2.45, 2.75) is 13.5 Å². The molecule has 35 heavy (non-hydrogen) atoms. The van der Waals surface area contributed by atoms with Gasteiger partial charge in [-0.05, 0) is 60.5 Å². The van der Waals surface area contributed by atoms with E-state index in [4.69, 9.17) is 4.74 Å². The Hall–Kier alpha value is -4.64. The maximum atomic E-state index is 13.1. The molecule has 0 unspecified atom stereocenters. The van der Waals surface area contributed by atoms with Crippen LogP contribution in [0.15, 0.2) is 115 Å². The zero-order valence-electron chi connectivity index (χ0n) is 19.4. The molecule has 4 aromatic rings. The molecule has 5 nitrogen and oxygen atoms in total. The van der Waals surface area contributed by atoms with Crippen LogP contribution in [0.25, 0.3) is 6.08 Å². The van der Waals surface area contributed by atoms with Crippen molar-refractivity contribution in [3.05, 3.63) is 137 Å². The van der Waals surface area contributed by atoms with Crippen LogP contribution in [0, 0.1) is 6.92 Å². The number of benzene rings is 4. The maximum absolute atomic E-state index is 13.1. The Labute approximate surface area is 205 Å². The van der Waals surface area contributed by atoms with Gasteiger partial charge in [0.15, 0.2) is 0 Å². The quantitative estimate of drug-likeness (QED) is 0.322. The van der Waals surface area contributed by atoms with E-state index in [9.17, 15) is 9.59 Å². The van der Waals surface area contributed by atoms with Gasteiger partial charge in [-0.1, -0.05) is 78.4 Å². The molecule has 0 heterocycles. The SMILES string of the molecule is Cc1ccc(C(=O)NC(=Cc2cccc(Oc3ccccc3)c2)C(=O)NCc2ccccc2)cc1. The van der Waals surface area contributed by atoms with Gasteiger partial charge in [0.2, 0.25) is 0 Å². The lowest BCUT2D eigenvalue weighted by atomic mass is 10.1. The van der Waals surface area contributed by atoms with Crippen LogP contribution in [0.5, 0.6) is 11.5 Å². The minimum atomic E-state index is -0.385. The zero-order valence-corrected chi connectivity index (χ0v) is 19.4. The van der Waals surface area contributed by atoms with Crippen LogP contribution in [0.1, 0.15) is 27.0 Å². The molecule has 0 aliphatic heterocycles. The first-order chi connectivity index (χ1) is 17.1. The summed E-state index contributed by atoms with van der Waals surface area (Å²) in [7, 11) is 0. The van der Waals surface area contributed by atoms with E-state index < -0.39 is 0 Å². The zero-order chi connectivity index (χ0) is 24.5. The topological polar surface area (TPSA) is 67.4 Å². The lowest BCUT2D eigenvalue weighted by molar-refractivity contribution is -0.117. The summed E-state index contributed by atoms with van der Waals surface area (Å²) < 4.78 is 5.91. The molecule has 4 aromatic carbocycles. The number of ether oxygens (including phenoxy) is 1. The summed E-state index contributed by atoms with van der Waals surface area (Å²) >= 11 is 0. The van der Waals surface area contributed by atoms with Gasteiger partial charge in [-0.2, -0.15) is 0 Å². The minimum absolute atomic E-state index is 0.142. The first kappa shape index (κ1) is 23.5. The van der Waals surface area contributed by atoms with Gasteiger partial charge in [-0.3, -0.25) is 9.59 Å². The van der Waals surface area contributed by atoms with Crippen LogP contribution < -0.4 is 15.4 Å². The molecular formula is C30H26N2O3. The summed E-state index contributed by atoms with van der Waals surface area (Å²) in [6, 6.07) is 33.6. The van der Waals surface area contributed by atoms with Crippen molar-refractivity contribution in [3.8, 4) is 11.5 Å². The van der Waals surface area contributed by atoms with Gasteiger partial charge in [0.1, 0.15) is 17.2 Å². The fraction of sp³-hybridized carbons (Fsp3) is 0.0667. The van der Waals surface area contributed by atoms with E-state index in [-0.39, 0.29) is 17.5 Å². The third kappa shape index (κ3) is 6.92. The molecule has 0 saturated heterocycles. The molecule has 0 atom stereocenters. The number of aryl methyl sites for hydroxylation is 1. The van der Waals surface area contributed by atoms with Crippen LogP contribution in [-0.2, 0) is 11.3 Å². The summed E-state index contributed by atoms with van der Waals surface area (Å²) in [5, 5.41) is 5.66. The number of para-hydroxylation sites is 1. The number of amides is 2. The molecule has 0 bridgehead atoms. The molecule has 2 N–H and O–H groups in total. The van der Waals surface area contributed by atoms with Gasteiger partial charge < -0.3 is 15.4 Å². The van der Waals surface area contributed by atoms with Crippen LogP contribution in [0.3, 0.4) is 0 Å². The van der Waals surface area contributed by atoms with Crippen LogP contribution in [-0.4, -0.2) is 11.8 Å². The molecule has 0 radical (unpaired) electrons. The number of hydrogen-bond acceptors (Lipinski definition) is 3. The maximum Gasteiger partial charge on any atom is 0.268 e. The highest BCUT2D eigenvalue weighted by Gasteiger charge is 2.15. The molecule has 4 rings (SSSR count). The summed E-state index contributed by atoms with van der Waals surface area (Å²) in [6.45, 7) is 2.29. The Morgan fingerprint density at radius 2 is 1.43 bits per heavy atom. The first-order valence-corrected chi connectivity index (χ1v) is 11.3. The highest BCUT2D eigenvalue weighted by molar-refractivity contribution is 6.05. The Kier molecular flexibility index (Phi) is 7.71. The van der Waals surface area contributed by atoms with Crippen LogP contribution in [0.4, 0.5) is 0 Å². The molecule has 0 aromatic heterocycles. The summed E-state index contributed by atoms with van der Waals surface area (Å²) in [6.07, 6.45) is 1.64. The second-order valence-corrected chi connectivity index (χ2v) is 8.03. The monoisotopic (exact) mass is 462 g/mol. The summed E-state index contributed by atoms with van der Waals surface area (Å²) in [4.78, 5) is 26.0. The van der Waals surface area contributed by atoms with Crippen molar-refractivity contribution in [2.24, 2.45) is 0 Å². The number of carbonyl (C=O) groups excluding carboxylic acids is 2. The summed E-state index contributed by atoms with van der Waals surface area (Å²) in [5.41, 5.74) is 3.34. The average Bonchev–Trinajstić information content (AvgIpc) is 2.88. The van der Waals surface area contributed by atoms with Gasteiger partial charge in [-0.15, -0.1) is 0 Å². The number of hydrogen-bond donors (Lipinski definition) is 2. The van der Waals surface area contributed by atoms with Crippen molar-refractivity contribution >= 4 is 17.9 Å². The van der Waals surface area contributed by atoms with Crippen molar-refractivity contribution in [1.82, 2.24) is 10.6 Å².